The number of carbonyl (C=O) groups is 1. The molecule has 0 bridgehead atoms. The number of hydrogen-bond donors (Lipinski definition) is 1. The highest BCUT2D eigenvalue weighted by molar-refractivity contribution is 5.94. The molecule has 1 aromatic rings. The third-order valence-electron chi connectivity index (χ3n) is 3.59. The largest absolute Gasteiger partial charge is 0.505 e. The minimum absolute atomic E-state index is 0.0435. The summed E-state index contributed by atoms with van der Waals surface area (Å²) in [6.07, 6.45) is 7.78. The Morgan fingerprint density at radius 3 is 2.83 bits per heavy atom. The van der Waals surface area contributed by atoms with Crippen LogP contribution in [0.25, 0.3) is 0 Å². The number of aromatic hydroxyl groups is 1. The summed E-state index contributed by atoms with van der Waals surface area (Å²) in [5.74, 6) is 0.357. The van der Waals surface area contributed by atoms with E-state index in [2.05, 4.69) is 4.98 Å². The Kier molecular flexibility index (Phi) is 4.18. The molecular formula is C14H20N2O2. The van der Waals surface area contributed by atoms with Crippen molar-refractivity contribution < 1.29 is 9.90 Å². The lowest BCUT2D eigenvalue weighted by Gasteiger charge is -2.26. The molecule has 0 aliphatic heterocycles. The van der Waals surface area contributed by atoms with Gasteiger partial charge >= 0.3 is 0 Å². The average Bonchev–Trinajstić information content (AvgIpc) is 2.39. The van der Waals surface area contributed by atoms with Gasteiger partial charge in [-0.25, -0.2) is 4.98 Å². The molecule has 0 aromatic carbocycles. The zero-order chi connectivity index (χ0) is 13.0. The Morgan fingerprint density at radius 1 is 1.44 bits per heavy atom. The fourth-order valence-electron chi connectivity index (χ4n) is 2.58. The monoisotopic (exact) mass is 248 g/mol. The minimum atomic E-state index is -0.196. The molecule has 1 aliphatic rings. The second-order valence-electron chi connectivity index (χ2n) is 5.06. The van der Waals surface area contributed by atoms with Gasteiger partial charge in [0.1, 0.15) is 5.75 Å². The first kappa shape index (κ1) is 12.9. The Hall–Kier alpha value is -1.58. The van der Waals surface area contributed by atoms with Gasteiger partial charge in [0.25, 0.3) is 5.91 Å². The maximum Gasteiger partial charge on any atom is 0.276 e. The smallest absolute Gasteiger partial charge is 0.276 e. The van der Waals surface area contributed by atoms with Crippen LogP contribution in [0, 0.1) is 5.92 Å². The standard InChI is InChI=1S/C14H20N2O2/c1-16(10-11-6-3-2-4-7-11)14(18)13-12(17)8-5-9-15-13/h5,8-9,11,17H,2-4,6-7,10H2,1H3. The number of nitrogens with zero attached hydrogens (tertiary/aromatic N) is 2. The summed E-state index contributed by atoms with van der Waals surface area (Å²) >= 11 is 0. The fraction of sp³-hybridized carbons (Fsp3) is 0.571. The van der Waals surface area contributed by atoms with E-state index < -0.39 is 0 Å². The zero-order valence-corrected chi connectivity index (χ0v) is 10.8. The van der Waals surface area contributed by atoms with Crippen LogP contribution >= 0.6 is 0 Å². The predicted molar refractivity (Wildman–Crippen MR) is 69.4 cm³/mol. The number of aromatic nitrogens is 1. The Morgan fingerprint density at radius 2 is 2.17 bits per heavy atom. The van der Waals surface area contributed by atoms with E-state index in [-0.39, 0.29) is 17.4 Å². The van der Waals surface area contributed by atoms with Gasteiger partial charge in [0.15, 0.2) is 5.69 Å². The van der Waals surface area contributed by atoms with Gasteiger partial charge in [-0.2, -0.15) is 0 Å². The van der Waals surface area contributed by atoms with Crippen molar-refractivity contribution in [2.24, 2.45) is 5.92 Å². The lowest BCUT2D eigenvalue weighted by Crippen LogP contribution is -2.33. The molecule has 0 spiro atoms. The van der Waals surface area contributed by atoms with Gasteiger partial charge in [0.05, 0.1) is 0 Å². The highest BCUT2D eigenvalue weighted by atomic mass is 16.3. The SMILES string of the molecule is CN(CC1CCCCC1)C(=O)c1ncccc1O. The van der Waals surface area contributed by atoms with Crippen molar-refractivity contribution >= 4 is 5.91 Å². The van der Waals surface area contributed by atoms with E-state index in [1.165, 1.54) is 44.4 Å². The molecule has 98 valence electrons. The molecule has 0 saturated heterocycles. The summed E-state index contributed by atoms with van der Waals surface area (Å²) in [4.78, 5) is 17.8. The molecule has 0 unspecified atom stereocenters. The van der Waals surface area contributed by atoms with Gasteiger partial charge in [0.2, 0.25) is 0 Å². The Labute approximate surface area is 108 Å². The fourth-order valence-corrected chi connectivity index (χ4v) is 2.58. The molecule has 18 heavy (non-hydrogen) atoms. The van der Waals surface area contributed by atoms with Crippen molar-refractivity contribution in [1.82, 2.24) is 9.88 Å². The highest BCUT2D eigenvalue weighted by Gasteiger charge is 2.21. The van der Waals surface area contributed by atoms with Crippen LogP contribution in [0.3, 0.4) is 0 Å². The number of hydrogen-bond acceptors (Lipinski definition) is 3. The van der Waals surface area contributed by atoms with E-state index in [1.807, 2.05) is 0 Å². The Bertz CT molecular complexity index is 414. The molecule has 1 aliphatic carbocycles. The minimum Gasteiger partial charge on any atom is -0.505 e. The third kappa shape index (κ3) is 3.00. The predicted octanol–water partition coefficient (Wildman–Crippen LogP) is 2.44. The molecule has 0 radical (unpaired) electrons. The van der Waals surface area contributed by atoms with Crippen molar-refractivity contribution in [1.29, 1.82) is 0 Å². The molecule has 4 heteroatoms. The Balaban J connectivity index is 1.98. The molecule has 1 fully saturated rings. The van der Waals surface area contributed by atoms with E-state index in [4.69, 9.17) is 0 Å². The molecular weight excluding hydrogens is 228 g/mol. The van der Waals surface area contributed by atoms with E-state index in [1.54, 1.807) is 18.0 Å². The van der Waals surface area contributed by atoms with Crippen molar-refractivity contribution in [3.05, 3.63) is 24.0 Å². The molecule has 1 aromatic heterocycles. The van der Waals surface area contributed by atoms with E-state index in [0.717, 1.165) is 6.54 Å². The topological polar surface area (TPSA) is 53.4 Å². The summed E-state index contributed by atoms with van der Waals surface area (Å²) in [5, 5.41) is 9.63. The van der Waals surface area contributed by atoms with Gasteiger partial charge in [-0.05, 0) is 30.9 Å². The number of amides is 1. The van der Waals surface area contributed by atoms with E-state index in [0.29, 0.717) is 5.92 Å². The highest BCUT2D eigenvalue weighted by Crippen LogP contribution is 2.25. The second kappa shape index (κ2) is 5.85. The summed E-state index contributed by atoms with van der Waals surface area (Å²) in [5.41, 5.74) is 0.149. The van der Waals surface area contributed by atoms with Crippen molar-refractivity contribution in [2.45, 2.75) is 32.1 Å². The summed E-state index contributed by atoms with van der Waals surface area (Å²) in [6, 6.07) is 3.11. The van der Waals surface area contributed by atoms with Crippen molar-refractivity contribution in [2.75, 3.05) is 13.6 Å². The van der Waals surface area contributed by atoms with Gasteiger partial charge in [0, 0.05) is 19.8 Å². The zero-order valence-electron chi connectivity index (χ0n) is 10.8. The van der Waals surface area contributed by atoms with Gasteiger partial charge in [-0.3, -0.25) is 4.79 Å². The van der Waals surface area contributed by atoms with Crippen LogP contribution in [-0.4, -0.2) is 34.5 Å². The second-order valence-corrected chi connectivity index (χ2v) is 5.06. The molecule has 1 N–H and O–H groups in total. The van der Waals surface area contributed by atoms with Crippen LogP contribution in [0.2, 0.25) is 0 Å². The molecule has 0 atom stereocenters. The molecule has 1 amide bonds. The first-order chi connectivity index (χ1) is 8.68. The number of carbonyl (C=O) groups excluding carboxylic acids is 1. The molecule has 1 heterocycles. The van der Waals surface area contributed by atoms with Gasteiger partial charge in [-0.15, -0.1) is 0 Å². The third-order valence-corrected chi connectivity index (χ3v) is 3.59. The molecule has 1 saturated carbocycles. The van der Waals surface area contributed by atoms with Crippen LogP contribution in [0.15, 0.2) is 18.3 Å². The summed E-state index contributed by atoms with van der Waals surface area (Å²) < 4.78 is 0. The summed E-state index contributed by atoms with van der Waals surface area (Å²) in [7, 11) is 1.78. The maximum absolute atomic E-state index is 12.1. The van der Waals surface area contributed by atoms with Crippen LogP contribution in [0.5, 0.6) is 5.75 Å². The van der Waals surface area contributed by atoms with Crippen LogP contribution < -0.4 is 0 Å². The first-order valence-electron chi connectivity index (χ1n) is 6.58. The molecule has 4 nitrogen and oxygen atoms in total. The quantitative estimate of drug-likeness (QED) is 0.893. The van der Waals surface area contributed by atoms with E-state index in [9.17, 15) is 9.90 Å². The first-order valence-corrected chi connectivity index (χ1v) is 6.58. The average molecular weight is 248 g/mol. The maximum atomic E-state index is 12.1. The van der Waals surface area contributed by atoms with Crippen LogP contribution in [-0.2, 0) is 0 Å². The van der Waals surface area contributed by atoms with Crippen LogP contribution in [0.1, 0.15) is 42.6 Å². The van der Waals surface area contributed by atoms with E-state index >= 15 is 0 Å². The van der Waals surface area contributed by atoms with Gasteiger partial charge in [-0.1, -0.05) is 19.3 Å². The lowest BCUT2D eigenvalue weighted by molar-refractivity contribution is 0.0751. The lowest BCUT2D eigenvalue weighted by atomic mass is 9.89. The summed E-state index contributed by atoms with van der Waals surface area (Å²) in [6.45, 7) is 0.759. The number of rotatable bonds is 3. The van der Waals surface area contributed by atoms with Crippen molar-refractivity contribution in [3.63, 3.8) is 0 Å². The number of pyridine rings is 1. The normalized spacial score (nSPS) is 16.5. The molecule has 2 rings (SSSR count). The van der Waals surface area contributed by atoms with Gasteiger partial charge < -0.3 is 10.0 Å². The van der Waals surface area contributed by atoms with Crippen LogP contribution in [0.4, 0.5) is 0 Å². The van der Waals surface area contributed by atoms with Crippen molar-refractivity contribution in [3.8, 4) is 5.75 Å².